The van der Waals surface area contributed by atoms with Crippen molar-refractivity contribution in [2.24, 2.45) is 0 Å². The average Bonchev–Trinajstić information content (AvgIpc) is 3.03. The number of nitrogens with one attached hydrogen (secondary N) is 1. The molecule has 2 aromatic carbocycles. The molecule has 3 aromatic rings. The molecule has 4 heteroatoms. The number of amides is 1. The Hall–Kier alpha value is -2.26. The number of nitrogens with zero attached hydrogens (tertiary/aromatic N) is 1. The van der Waals surface area contributed by atoms with Gasteiger partial charge in [0.25, 0.3) is 0 Å². The smallest absolute Gasteiger partial charge is 0.222 e. The van der Waals surface area contributed by atoms with Gasteiger partial charge in [-0.15, -0.1) is 0 Å². The van der Waals surface area contributed by atoms with Gasteiger partial charge in [0.2, 0.25) is 5.91 Å². The van der Waals surface area contributed by atoms with Crippen LogP contribution in [0.3, 0.4) is 0 Å². The molecular formula is C21H23ClN2O. The van der Waals surface area contributed by atoms with Crippen LogP contribution in [-0.2, 0) is 11.2 Å². The maximum Gasteiger partial charge on any atom is 0.222 e. The van der Waals surface area contributed by atoms with Crippen molar-refractivity contribution in [3.63, 3.8) is 0 Å². The van der Waals surface area contributed by atoms with Gasteiger partial charge >= 0.3 is 0 Å². The number of carbonyl (C=O) groups is 1. The number of carbonyl (C=O) groups excluding carboxylic acids is 1. The summed E-state index contributed by atoms with van der Waals surface area (Å²) in [5.41, 5.74) is 3.48. The van der Waals surface area contributed by atoms with E-state index in [4.69, 9.17) is 11.6 Å². The Bertz CT molecular complexity index is 871. The molecule has 0 bridgehead atoms. The number of rotatable bonds is 6. The van der Waals surface area contributed by atoms with Crippen LogP contribution in [0.15, 0.2) is 54.7 Å². The first-order valence-corrected chi connectivity index (χ1v) is 9.00. The molecule has 1 amide bonds. The van der Waals surface area contributed by atoms with Crippen LogP contribution in [-0.4, -0.2) is 22.8 Å². The van der Waals surface area contributed by atoms with E-state index >= 15 is 0 Å². The summed E-state index contributed by atoms with van der Waals surface area (Å²) in [6.07, 6.45) is 4.33. The van der Waals surface area contributed by atoms with Crippen LogP contribution >= 0.6 is 11.6 Å². The summed E-state index contributed by atoms with van der Waals surface area (Å²) >= 11 is 6.06. The molecule has 3 nitrogen and oxygen atoms in total. The molecule has 1 heterocycles. The van der Waals surface area contributed by atoms with Crippen molar-refractivity contribution in [2.75, 3.05) is 7.05 Å². The summed E-state index contributed by atoms with van der Waals surface area (Å²) in [6, 6.07) is 16.0. The highest BCUT2D eigenvalue weighted by Gasteiger charge is 2.17. The zero-order valence-electron chi connectivity index (χ0n) is 14.6. The third-order valence-corrected chi connectivity index (χ3v) is 5.05. The summed E-state index contributed by atoms with van der Waals surface area (Å²) in [6.45, 7) is 2.03. The molecule has 1 unspecified atom stereocenters. The van der Waals surface area contributed by atoms with E-state index in [2.05, 4.69) is 17.1 Å². The maximum atomic E-state index is 12.5. The summed E-state index contributed by atoms with van der Waals surface area (Å²) in [7, 11) is 1.86. The third kappa shape index (κ3) is 4.05. The molecule has 0 spiro atoms. The second kappa shape index (κ2) is 7.75. The number of para-hydroxylation sites is 1. The van der Waals surface area contributed by atoms with Crippen LogP contribution in [0.2, 0.25) is 5.02 Å². The SMILES string of the molecule is CC(c1cccc(Cl)c1)N(C)C(=O)CCCc1c[nH]c2ccccc12. The topological polar surface area (TPSA) is 36.1 Å². The molecular weight excluding hydrogens is 332 g/mol. The van der Waals surface area contributed by atoms with E-state index in [0.29, 0.717) is 11.4 Å². The molecule has 0 aliphatic heterocycles. The molecule has 25 heavy (non-hydrogen) atoms. The summed E-state index contributed by atoms with van der Waals surface area (Å²) in [5.74, 6) is 0.160. The standard InChI is InChI=1S/C21H23ClN2O/c1-15(16-7-5-9-18(22)13-16)24(2)21(25)12-6-8-17-14-23-20-11-4-3-10-19(17)20/h3-5,7,9-11,13-15,23H,6,8,12H2,1-2H3. The van der Waals surface area contributed by atoms with Crippen molar-refractivity contribution in [3.8, 4) is 0 Å². The number of fused-ring (bicyclic) bond motifs is 1. The molecule has 0 radical (unpaired) electrons. The maximum absolute atomic E-state index is 12.5. The highest BCUT2D eigenvalue weighted by Crippen LogP contribution is 2.23. The Morgan fingerprint density at radius 3 is 2.80 bits per heavy atom. The van der Waals surface area contributed by atoms with Crippen LogP contribution in [0.4, 0.5) is 0 Å². The number of benzene rings is 2. The van der Waals surface area contributed by atoms with Gasteiger partial charge in [-0.05, 0) is 49.1 Å². The lowest BCUT2D eigenvalue weighted by Crippen LogP contribution is -2.29. The van der Waals surface area contributed by atoms with Crippen molar-refractivity contribution >= 4 is 28.4 Å². The van der Waals surface area contributed by atoms with Gasteiger partial charge in [0.15, 0.2) is 0 Å². The molecule has 130 valence electrons. The first-order chi connectivity index (χ1) is 12.1. The Morgan fingerprint density at radius 1 is 1.20 bits per heavy atom. The predicted molar refractivity (Wildman–Crippen MR) is 104 cm³/mol. The van der Waals surface area contributed by atoms with Crippen molar-refractivity contribution in [3.05, 3.63) is 70.9 Å². The third-order valence-electron chi connectivity index (χ3n) is 4.82. The number of H-pyrrole nitrogens is 1. The second-order valence-electron chi connectivity index (χ2n) is 6.45. The average molecular weight is 355 g/mol. The van der Waals surface area contributed by atoms with Crippen LogP contribution in [0.1, 0.15) is 36.9 Å². The lowest BCUT2D eigenvalue weighted by Gasteiger charge is -2.25. The molecule has 0 fully saturated rings. The molecule has 0 aliphatic carbocycles. The van der Waals surface area contributed by atoms with Crippen LogP contribution in [0, 0.1) is 0 Å². The highest BCUT2D eigenvalue weighted by molar-refractivity contribution is 6.30. The van der Waals surface area contributed by atoms with Gasteiger partial charge in [0.05, 0.1) is 6.04 Å². The lowest BCUT2D eigenvalue weighted by molar-refractivity contribution is -0.131. The Balaban J connectivity index is 1.56. The molecule has 1 aromatic heterocycles. The molecule has 3 rings (SSSR count). The van der Waals surface area contributed by atoms with E-state index in [1.807, 2.05) is 56.6 Å². The van der Waals surface area contributed by atoms with Gasteiger partial charge in [-0.1, -0.05) is 41.9 Å². The Kier molecular flexibility index (Phi) is 5.44. The van der Waals surface area contributed by atoms with E-state index < -0.39 is 0 Å². The minimum atomic E-state index is 0.0132. The molecule has 0 saturated carbocycles. The number of aryl methyl sites for hydroxylation is 1. The summed E-state index contributed by atoms with van der Waals surface area (Å²) in [5, 5.41) is 1.94. The number of hydrogen-bond acceptors (Lipinski definition) is 1. The van der Waals surface area contributed by atoms with E-state index in [1.54, 1.807) is 4.90 Å². The highest BCUT2D eigenvalue weighted by atomic mass is 35.5. The normalized spacial score (nSPS) is 12.3. The monoisotopic (exact) mass is 354 g/mol. The van der Waals surface area contributed by atoms with Gasteiger partial charge in [-0.25, -0.2) is 0 Å². The summed E-state index contributed by atoms with van der Waals surface area (Å²) < 4.78 is 0. The van der Waals surface area contributed by atoms with Crippen molar-refractivity contribution < 1.29 is 4.79 Å². The van der Waals surface area contributed by atoms with E-state index in [-0.39, 0.29) is 11.9 Å². The number of hydrogen-bond donors (Lipinski definition) is 1. The number of halogens is 1. The fraction of sp³-hybridized carbons (Fsp3) is 0.286. The molecule has 1 N–H and O–H groups in total. The van der Waals surface area contributed by atoms with Crippen molar-refractivity contribution in [1.29, 1.82) is 0 Å². The van der Waals surface area contributed by atoms with E-state index in [9.17, 15) is 4.79 Å². The molecule has 0 saturated heterocycles. The quantitative estimate of drug-likeness (QED) is 0.635. The first kappa shape index (κ1) is 17.6. The Morgan fingerprint density at radius 2 is 2.00 bits per heavy atom. The fourth-order valence-electron chi connectivity index (χ4n) is 3.15. The Labute approximate surface area is 153 Å². The van der Waals surface area contributed by atoms with Crippen LogP contribution in [0.5, 0.6) is 0 Å². The summed E-state index contributed by atoms with van der Waals surface area (Å²) in [4.78, 5) is 17.6. The van der Waals surface area contributed by atoms with Crippen molar-refractivity contribution in [1.82, 2.24) is 9.88 Å². The van der Waals surface area contributed by atoms with E-state index in [0.717, 1.165) is 23.9 Å². The van der Waals surface area contributed by atoms with Gasteiger partial charge < -0.3 is 9.88 Å². The molecule has 0 aliphatic rings. The van der Waals surface area contributed by atoms with Crippen LogP contribution in [0.25, 0.3) is 10.9 Å². The molecule has 1 atom stereocenters. The van der Waals surface area contributed by atoms with E-state index in [1.165, 1.54) is 10.9 Å². The van der Waals surface area contributed by atoms with Crippen molar-refractivity contribution in [2.45, 2.75) is 32.2 Å². The minimum absolute atomic E-state index is 0.0132. The number of aromatic nitrogens is 1. The zero-order chi connectivity index (χ0) is 17.8. The second-order valence-corrected chi connectivity index (χ2v) is 6.89. The number of aromatic amines is 1. The van der Waals surface area contributed by atoms with Crippen LogP contribution < -0.4 is 0 Å². The van der Waals surface area contributed by atoms with Gasteiger partial charge in [0, 0.05) is 35.6 Å². The zero-order valence-corrected chi connectivity index (χ0v) is 15.4. The van der Waals surface area contributed by atoms with Gasteiger partial charge in [0.1, 0.15) is 0 Å². The van der Waals surface area contributed by atoms with Gasteiger partial charge in [-0.3, -0.25) is 4.79 Å². The first-order valence-electron chi connectivity index (χ1n) is 8.62. The fourth-order valence-corrected chi connectivity index (χ4v) is 3.35. The largest absolute Gasteiger partial charge is 0.361 e. The minimum Gasteiger partial charge on any atom is -0.361 e. The van der Waals surface area contributed by atoms with Gasteiger partial charge in [-0.2, -0.15) is 0 Å². The lowest BCUT2D eigenvalue weighted by atomic mass is 10.0. The predicted octanol–water partition coefficient (Wildman–Crippen LogP) is 5.36.